The largest absolute Gasteiger partial charge is 0.508 e. The van der Waals surface area contributed by atoms with Crippen molar-refractivity contribution < 1.29 is 19.1 Å². The number of ketones is 1. The fourth-order valence-corrected chi connectivity index (χ4v) is 3.14. The van der Waals surface area contributed by atoms with Gasteiger partial charge in [-0.15, -0.1) is 0 Å². The molecule has 0 radical (unpaired) electrons. The summed E-state index contributed by atoms with van der Waals surface area (Å²) in [4.78, 5) is 28.4. The number of piperidine rings is 1. The van der Waals surface area contributed by atoms with Crippen LogP contribution in [0.3, 0.4) is 0 Å². The van der Waals surface area contributed by atoms with Crippen LogP contribution in [0.5, 0.6) is 0 Å². The van der Waals surface area contributed by atoms with E-state index in [1.807, 2.05) is 24.4 Å². The number of ether oxygens (including phenoxy) is 2. The van der Waals surface area contributed by atoms with Gasteiger partial charge in [0.15, 0.2) is 11.9 Å². The third kappa shape index (κ3) is 3.71. The lowest BCUT2D eigenvalue weighted by Crippen LogP contribution is -2.47. The van der Waals surface area contributed by atoms with E-state index in [2.05, 4.69) is 14.6 Å². The predicted octanol–water partition coefficient (Wildman–Crippen LogP) is 2.79. The number of Topliss-reactive ketones (excluding diaryl/α,β-unsaturated/α-hetero) is 1. The average molecular weight is 351 g/mol. The van der Waals surface area contributed by atoms with Crippen molar-refractivity contribution in [2.75, 3.05) is 26.7 Å². The molecule has 1 atom stereocenters. The number of methoxy groups -OCH3 is 1. The summed E-state index contributed by atoms with van der Waals surface area (Å²) in [5.41, 5.74) is 2.23. The minimum absolute atomic E-state index is 0.0597. The molecule has 128 valence electrons. The van der Waals surface area contributed by atoms with Crippen LogP contribution in [0.4, 0.5) is 4.79 Å². The molecule has 2 heterocycles. The molecule has 0 aliphatic carbocycles. The molecule has 1 N–H and O–H groups in total. The molecule has 1 aromatic carbocycles. The van der Waals surface area contributed by atoms with Crippen molar-refractivity contribution in [3.05, 3.63) is 35.0 Å². The van der Waals surface area contributed by atoms with Crippen LogP contribution < -0.4 is 0 Å². The molecular formula is C17H19ClN2O4. The van der Waals surface area contributed by atoms with E-state index < -0.39 is 12.3 Å². The Hall–Kier alpha value is -2.05. The van der Waals surface area contributed by atoms with Gasteiger partial charge in [-0.05, 0) is 30.2 Å². The van der Waals surface area contributed by atoms with E-state index in [9.17, 15) is 9.59 Å². The molecule has 1 fully saturated rings. The summed E-state index contributed by atoms with van der Waals surface area (Å²) < 4.78 is 9.50. The maximum atomic E-state index is 11.9. The van der Waals surface area contributed by atoms with Gasteiger partial charge < -0.3 is 14.5 Å². The Bertz CT molecular complexity index is 758. The quantitative estimate of drug-likeness (QED) is 0.858. The summed E-state index contributed by atoms with van der Waals surface area (Å²) in [6.45, 7) is 1.84. The Balaban J connectivity index is 1.62. The van der Waals surface area contributed by atoms with Gasteiger partial charge in [-0.1, -0.05) is 11.6 Å². The molecule has 6 nitrogen and oxygen atoms in total. The first-order chi connectivity index (χ1) is 11.6. The number of aromatic amines is 1. The smallest absolute Gasteiger partial charge is 0.438 e. The zero-order chi connectivity index (χ0) is 17.1. The molecule has 0 amide bonds. The van der Waals surface area contributed by atoms with Crippen LogP contribution in [0.2, 0.25) is 5.02 Å². The second kappa shape index (κ2) is 7.23. The predicted molar refractivity (Wildman–Crippen MR) is 90.4 cm³/mol. The lowest BCUT2D eigenvalue weighted by atomic mass is 10.1. The van der Waals surface area contributed by atoms with E-state index >= 15 is 0 Å². The molecule has 0 saturated carbocycles. The normalized spacial score (nSPS) is 18.8. The second-order valence-electron chi connectivity index (χ2n) is 5.83. The molecule has 1 aliphatic heterocycles. The van der Waals surface area contributed by atoms with Gasteiger partial charge in [0.2, 0.25) is 0 Å². The lowest BCUT2D eigenvalue weighted by molar-refractivity contribution is -0.133. The number of fused-ring (bicyclic) bond motifs is 1. The Morgan fingerprint density at radius 2 is 2.29 bits per heavy atom. The molecule has 7 heteroatoms. The van der Waals surface area contributed by atoms with Crippen LogP contribution in [0.15, 0.2) is 24.4 Å². The van der Waals surface area contributed by atoms with Crippen LogP contribution >= 0.6 is 11.6 Å². The highest BCUT2D eigenvalue weighted by Crippen LogP contribution is 2.23. The van der Waals surface area contributed by atoms with Gasteiger partial charge in [0, 0.05) is 48.2 Å². The van der Waals surface area contributed by atoms with Gasteiger partial charge in [-0.25, -0.2) is 4.79 Å². The topological polar surface area (TPSA) is 71.6 Å². The van der Waals surface area contributed by atoms with Crippen LogP contribution in [0.25, 0.3) is 10.9 Å². The average Bonchev–Trinajstić information content (AvgIpc) is 2.97. The van der Waals surface area contributed by atoms with Crippen LogP contribution in [-0.2, 0) is 20.7 Å². The number of nitrogens with zero attached hydrogens (tertiary/aromatic N) is 1. The maximum Gasteiger partial charge on any atom is 0.508 e. The van der Waals surface area contributed by atoms with Gasteiger partial charge in [0.05, 0.1) is 7.11 Å². The highest BCUT2D eigenvalue weighted by atomic mass is 35.5. The summed E-state index contributed by atoms with van der Waals surface area (Å²) in [5, 5.41) is 1.82. The fraction of sp³-hybridized carbons (Fsp3) is 0.412. The Kier molecular flexibility index (Phi) is 5.06. The van der Waals surface area contributed by atoms with E-state index in [1.165, 1.54) is 12.7 Å². The van der Waals surface area contributed by atoms with Gasteiger partial charge in [-0.3, -0.25) is 9.69 Å². The van der Waals surface area contributed by atoms with E-state index in [0.717, 1.165) is 23.9 Å². The standard InChI is InChI=1S/C17H19ClN2O4/c1-23-17(22)24-16-10-20(7-5-15(16)21)6-4-11-9-19-14-3-2-12(18)8-13(11)14/h2-3,8-9,16,19H,4-7,10H2,1H3. The van der Waals surface area contributed by atoms with Crippen molar-refractivity contribution in [2.45, 2.75) is 18.9 Å². The molecular weight excluding hydrogens is 332 g/mol. The van der Waals surface area contributed by atoms with Crippen molar-refractivity contribution in [1.29, 1.82) is 0 Å². The molecule has 0 bridgehead atoms. The minimum Gasteiger partial charge on any atom is -0.438 e. The van der Waals surface area contributed by atoms with Crippen molar-refractivity contribution in [1.82, 2.24) is 9.88 Å². The van der Waals surface area contributed by atoms with Gasteiger partial charge in [0.25, 0.3) is 0 Å². The first kappa shape index (κ1) is 16.8. The van der Waals surface area contributed by atoms with Gasteiger partial charge >= 0.3 is 6.16 Å². The Morgan fingerprint density at radius 3 is 3.08 bits per heavy atom. The fourth-order valence-electron chi connectivity index (χ4n) is 2.96. The number of likely N-dealkylation sites (tertiary alicyclic amines) is 1. The number of hydrogen-bond donors (Lipinski definition) is 1. The SMILES string of the molecule is COC(=O)OC1CN(CCc2c[nH]c3ccc(Cl)cc23)CCC1=O. The van der Waals surface area contributed by atoms with Crippen LogP contribution in [-0.4, -0.2) is 54.7 Å². The van der Waals surface area contributed by atoms with E-state index in [-0.39, 0.29) is 5.78 Å². The van der Waals surface area contributed by atoms with Gasteiger partial charge in [0.1, 0.15) is 0 Å². The molecule has 3 rings (SSSR count). The van der Waals surface area contributed by atoms with Gasteiger partial charge in [-0.2, -0.15) is 0 Å². The number of H-pyrrole nitrogens is 1. The van der Waals surface area contributed by atoms with Crippen molar-refractivity contribution in [3.8, 4) is 0 Å². The van der Waals surface area contributed by atoms with E-state index in [0.29, 0.717) is 24.5 Å². The van der Waals surface area contributed by atoms with Crippen LogP contribution in [0, 0.1) is 0 Å². The summed E-state index contributed by atoms with van der Waals surface area (Å²) in [5.74, 6) is -0.0597. The van der Waals surface area contributed by atoms with Crippen LogP contribution in [0.1, 0.15) is 12.0 Å². The summed E-state index contributed by atoms with van der Waals surface area (Å²) in [6, 6.07) is 5.77. The maximum absolute atomic E-state index is 11.9. The van der Waals surface area contributed by atoms with Crippen molar-refractivity contribution in [2.24, 2.45) is 0 Å². The summed E-state index contributed by atoms with van der Waals surface area (Å²) in [7, 11) is 1.23. The number of rotatable bonds is 4. The molecule has 1 aliphatic rings. The molecule has 1 saturated heterocycles. The number of aromatic nitrogens is 1. The second-order valence-corrected chi connectivity index (χ2v) is 6.27. The monoisotopic (exact) mass is 350 g/mol. The summed E-state index contributed by atoms with van der Waals surface area (Å²) in [6.07, 6.45) is 1.62. The molecule has 1 unspecified atom stereocenters. The number of hydrogen-bond acceptors (Lipinski definition) is 5. The number of benzene rings is 1. The number of carbonyl (C=O) groups excluding carboxylic acids is 2. The highest BCUT2D eigenvalue weighted by molar-refractivity contribution is 6.31. The zero-order valence-electron chi connectivity index (χ0n) is 13.4. The third-order valence-corrected chi connectivity index (χ3v) is 4.52. The van der Waals surface area contributed by atoms with E-state index in [4.69, 9.17) is 16.3 Å². The van der Waals surface area contributed by atoms with Crippen molar-refractivity contribution >= 4 is 34.4 Å². The molecule has 0 spiro atoms. The Labute approximate surface area is 144 Å². The van der Waals surface area contributed by atoms with Crippen molar-refractivity contribution in [3.63, 3.8) is 0 Å². The highest BCUT2D eigenvalue weighted by Gasteiger charge is 2.30. The minimum atomic E-state index is -0.818. The third-order valence-electron chi connectivity index (χ3n) is 4.29. The Morgan fingerprint density at radius 1 is 1.46 bits per heavy atom. The molecule has 2 aromatic rings. The van der Waals surface area contributed by atoms with E-state index in [1.54, 1.807) is 0 Å². The molecule has 24 heavy (non-hydrogen) atoms. The number of halogens is 1. The summed E-state index contributed by atoms with van der Waals surface area (Å²) >= 11 is 6.07. The lowest BCUT2D eigenvalue weighted by Gasteiger charge is -2.30. The molecule has 1 aromatic heterocycles. The first-order valence-corrected chi connectivity index (χ1v) is 8.20. The number of nitrogens with one attached hydrogen (secondary N) is 1. The first-order valence-electron chi connectivity index (χ1n) is 7.82. The number of carbonyl (C=O) groups is 2. The zero-order valence-corrected chi connectivity index (χ0v) is 14.1.